The van der Waals surface area contributed by atoms with Gasteiger partial charge in [-0.25, -0.2) is 0 Å². The Kier molecular flexibility index (Phi) is 1.92. The molecule has 1 aromatic heterocycles. The minimum absolute atomic E-state index is 0.292. The number of hydrogen-bond donors (Lipinski definition) is 0. The molecule has 1 heterocycles. The number of carbonyl (C=O) groups excluding carboxylic acids is 1. The minimum atomic E-state index is -0.668. The van der Waals surface area contributed by atoms with Crippen molar-refractivity contribution >= 4 is 33.2 Å². The molecule has 1 aromatic carbocycles. The van der Waals surface area contributed by atoms with E-state index in [1.165, 1.54) is 6.07 Å². The molecule has 0 aliphatic carbocycles. The van der Waals surface area contributed by atoms with Crippen molar-refractivity contribution < 1.29 is 13.6 Å². The number of halogens is 2. The molecule has 0 radical (unpaired) electrons. The van der Waals surface area contributed by atoms with Crippen molar-refractivity contribution in [1.82, 2.24) is 0 Å². The van der Waals surface area contributed by atoms with Crippen molar-refractivity contribution in [1.29, 1.82) is 0 Å². The molecule has 0 spiro atoms. The fourth-order valence-electron chi connectivity index (χ4n) is 1.13. The second-order valence-corrected chi connectivity index (χ2v) is 3.36. The predicted molar refractivity (Wildman–Crippen MR) is 49.3 cm³/mol. The van der Waals surface area contributed by atoms with E-state index in [1.54, 1.807) is 12.1 Å². The third-order valence-electron chi connectivity index (χ3n) is 1.75. The van der Waals surface area contributed by atoms with Gasteiger partial charge in [-0.1, -0.05) is 6.07 Å². The number of carbonyl (C=O) groups is 1. The van der Waals surface area contributed by atoms with E-state index in [0.717, 1.165) is 0 Å². The molecule has 0 bridgehead atoms. The van der Waals surface area contributed by atoms with Crippen LogP contribution >= 0.6 is 15.9 Å². The fraction of sp³-hybridized carbons (Fsp3) is 0. The minimum Gasteiger partial charge on any atom is -0.430 e. The summed E-state index contributed by atoms with van der Waals surface area (Å²) in [5.74, 6) is 0. The molecule has 13 heavy (non-hydrogen) atoms. The van der Waals surface area contributed by atoms with E-state index in [4.69, 9.17) is 4.42 Å². The third kappa shape index (κ3) is 1.27. The van der Waals surface area contributed by atoms with Crippen molar-refractivity contribution in [2.45, 2.75) is 0 Å². The monoisotopic (exact) mass is 242 g/mol. The first-order chi connectivity index (χ1) is 6.22. The van der Waals surface area contributed by atoms with Crippen LogP contribution in [0.5, 0.6) is 0 Å². The van der Waals surface area contributed by atoms with Gasteiger partial charge in [0.15, 0.2) is 0 Å². The molecule has 0 aliphatic heterocycles. The lowest BCUT2D eigenvalue weighted by atomic mass is 10.2. The molecule has 0 atom stereocenters. The topological polar surface area (TPSA) is 30.2 Å². The van der Waals surface area contributed by atoms with Gasteiger partial charge in [0.25, 0.3) is 6.01 Å². The molecule has 2 rings (SSSR count). The molecule has 66 valence electrons. The Bertz CT molecular complexity index is 476. The van der Waals surface area contributed by atoms with Crippen molar-refractivity contribution in [3.8, 4) is 0 Å². The first-order valence-corrected chi connectivity index (χ1v) is 4.34. The number of aldehydes is 1. The second-order valence-electron chi connectivity index (χ2n) is 2.56. The lowest BCUT2D eigenvalue weighted by Crippen LogP contribution is -1.76. The van der Waals surface area contributed by atoms with Crippen molar-refractivity contribution in [2.75, 3.05) is 0 Å². The third-order valence-corrected chi connectivity index (χ3v) is 2.49. The van der Waals surface area contributed by atoms with E-state index < -0.39 is 6.01 Å². The normalized spacial score (nSPS) is 10.6. The second kappa shape index (κ2) is 2.96. The zero-order valence-corrected chi connectivity index (χ0v) is 7.97. The van der Waals surface area contributed by atoms with Crippen LogP contribution in [0.25, 0.3) is 11.0 Å². The summed E-state index contributed by atoms with van der Waals surface area (Å²) in [5.41, 5.74) is 0.836. The molecule has 0 unspecified atom stereocenters. The highest BCUT2D eigenvalue weighted by atomic mass is 79.9. The summed E-state index contributed by atoms with van der Waals surface area (Å²) in [6.07, 6.45) is 0.688. The fourth-order valence-corrected chi connectivity index (χ4v) is 1.53. The molecule has 0 aliphatic rings. The summed E-state index contributed by atoms with van der Waals surface area (Å²) >= 11 is 3.04. The number of hydrogen-bond acceptors (Lipinski definition) is 2. The van der Waals surface area contributed by atoms with E-state index in [9.17, 15) is 9.18 Å². The first kappa shape index (κ1) is 8.44. The van der Waals surface area contributed by atoms with Gasteiger partial charge in [-0.15, -0.1) is 0 Å². The summed E-state index contributed by atoms with van der Waals surface area (Å²) in [6.45, 7) is 0. The van der Waals surface area contributed by atoms with Gasteiger partial charge in [0, 0.05) is 10.9 Å². The van der Waals surface area contributed by atoms with Crippen molar-refractivity contribution in [2.24, 2.45) is 0 Å². The number of furan rings is 1. The average molecular weight is 243 g/mol. The van der Waals surface area contributed by atoms with Gasteiger partial charge in [-0.05, 0) is 28.1 Å². The number of benzene rings is 1. The summed E-state index contributed by atoms with van der Waals surface area (Å²) in [7, 11) is 0. The summed E-state index contributed by atoms with van der Waals surface area (Å²) in [4.78, 5) is 10.4. The predicted octanol–water partition coefficient (Wildman–Crippen LogP) is 3.15. The van der Waals surface area contributed by atoms with Crippen LogP contribution < -0.4 is 0 Å². The van der Waals surface area contributed by atoms with Gasteiger partial charge < -0.3 is 4.42 Å². The molecule has 0 saturated heterocycles. The van der Waals surface area contributed by atoms with Crippen LogP contribution in [0.3, 0.4) is 0 Å². The largest absolute Gasteiger partial charge is 0.430 e. The van der Waals surface area contributed by atoms with Crippen LogP contribution in [0.15, 0.2) is 27.1 Å². The van der Waals surface area contributed by atoms with Gasteiger partial charge in [0.1, 0.15) is 16.3 Å². The van der Waals surface area contributed by atoms with Crippen LogP contribution in [-0.2, 0) is 0 Å². The molecule has 0 amide bonds. The highest BCUT2D eigenvalue weighted by molar-refractivity contribution is 9.10. The number of fused-ring (bicyclic) bond motifs is 1. The Labute approximate surface area is 81.5 Å². The smallest absolute Gasteiger partial charge is 0.293 e. The Morgan fingerprint density at radius 3 is 2.92 bits per heavy atom. The molecule has 0 fully saturated rings. The molecule has 0 N–H and O–H groups in total. The Hall–Kier alpha value is -1.16. The van der Waals surface area contributed by atoms with E-state index in [-0.39, 0.29) is 0 Å². The molecule has 2 aromatic rings. The SMILES string of the molecule is O=Cc1ccc2c(Br)c(F)oc2c1. The van der Waals surface area contributed by atoms with Gasteiger partial charge in [-0.2, -0.15) is 4.39 Å². The van der Waals surface area contributed by atoms with Gasteiger partial charge >= 0.3 is 0 Å². The van der Waals surface area contributed by atoms with Gasteiger partial charge in [0.2, 0.25) is 0 Å². The Balaban J connectivity index is 2.79. The van der Waals surface area contributed by atoms with Crippen LogP contribution in [0, 0.1) is 6.01 Å². The van der Waals surface area contributed by atoms with Crippen LogP contribution in [0.2, 0.25) is 0 Å². The van der Waals surface area contributed by atoms with Crippen LogP contribution in [0.1, 0.15) is 10.4 Å². The van der Waals surface area contributed by atoms with E-state index in [2.05, 4.69) is 15.9 Å². The summed E-state index contributed by atoms with van der Waals surface area (Å²) < 4.78 is 17.9. The van der Waals surface area contributed by atoms with Crippen LogP contribution in [-0.4, -0.2) is 6.29 Å². The van der Waals surface area contributed by atoms with E-state index in [1.807, 2.05) is 0 Å². The molecule has 2 nitrogen and oxygen atoms in total. The Morgan fingerprint density at radius 1 is 1.46 bits per heavy atom. The maximum Gasteiger partial charge on any atom is 0.293 e. The van der Waals surface area contributed by atoms with Gasteiger partial charge in [0.05, 0.1) is 0 Å². The maximum absolute atomic E-state index is 12.9. The standard InChI is InChI=1S/C9H4BrFO2/c10-8-6-2-1-5(4-12)3-7(6)13-9(8)11/h1-4H. The van der Waals surface area contributed by atoms with E-state index >= 15 is 0 Å². The Morgan fingerprint density at radius 2 is 2.23 bits per heavy atom. The zero-order valence-electron chi connectivity index (χ0n) is 6.38. The average Bonchev–Trinajstić information content (AvgIpc) is 2.42. The van der Waals surface area contributed by atoms with Crippen LogP contribution in [0.4, 0.5) is 4.39 Å². The lowest BCUT2D eigenvalue weighted by Gasteiger charge is -1.89. The first-order valence-electron chi connectivity index (χ1n) is 3.55. The number of rotatable bonds is 1. The highest BCUT2D eigenvalue weighted by Crippen LogP contribution is 2.29. The highest BCUT2D eigenvalue weighted by Gasteiger charge is 2.10. The van der Waals surface area contributed by atoms with E-state index in [0.29, 0.717) is 27.3 Å². The van der Waals surface area contributed by atoms with Gasteiger partial charge in [-0.3, -0.25) is 4.79 Å². The summed E-state index contributed by atoms with van der Waals surface area (Å²) in [5, 5.41) is 0.628. The van der Waals surface area contributed by atoms with Crippen molar-refractivity contribution in [3.63, 3.8) is 0 Å². The maximum atomic E-state index is 12.9. The summed E-state index contributed by atoms with van der Waals surface area (Å²) in [6, 6.07) is 4.07. The van der Waals surface area contributed by atoms with Crippen molar-refractivity contribution in [3.05, 3.63) is 34.2 Å². The molecular weight excluding hydrogens is 239 g/mol. The molecule has 4 heteroatoms. The lowest BCUT2D eigenvalue weighted by molar-refractivity contribution is 0.112. The zero-order chi connectivity index (χ0) is 9.42. The molecule has 0 saturated carbocycles. The molecular formula is C9H4BrFO2. The quantitative estimate of drug-likeness (QED) is 0.720.